The lowest BCUT2D eigenvalue weighted by molar-refractivity contribution is -0.142. The molecular formula is C9H11NO4. The SMILES string of the molecule is O=C(O)[C@H]1[C@@H]2C=CC[C@@H]2CN1C(=O)O. The number of likely N-dealkylation sites (tertiary alicyclic amines) is 1. The predicted molar refractivity (Wildman–Crippen MR) is 46.9 cm³/mol. The Bertz CT molecular complexity index is 312. The Labute approximate surface area is 80.6 Å². The minimum Gasteiger partial charge on any atom is -0.480 e. The monoisotopic (exact) mass is 197 g/mol. The Hall–Kier alpha value is -1.52. The van der Waals surface area contributed by atoms with Crippen molar-refractivity contribution >= 4 is 12.1 Å². The van der Waals surface area contributed by atoms with E-state index in [1.54, 1.807) is 0 Å². The number of carboxylic acids is 1. The number of fused-ring (bicyclic) bond motifs is 1. The maximum atomic E-state index is 10.9. The van der Waals surface area contributed by atoms with Crippen molar-refractivity contribution in [1.29, 1.82) is 0 Å². The van der Waals surface area contributed by atoms with Crippen LogP contribution in [0.1, 0.15) is 6.42 Å². The first-order valence-electron chi connectivity index (χ1n) is 4.50. The zero-order valence-electron chi connectivity index (χ0n) is 7.46. The fourth-order valence-electron chi connectivity index (χ4n) is 2.35. The third-order valence-corrected chi connectivity index (χ3v) is 2.97. The van der Waals surface area contributed by atoms with Crippen molar-refractivity contribution in [1.82, 2.24) is 4.90 Å². The van der Waals surface area contributed by atoms with Crippen molar-refractivity contribution < 1.29 is 19.8 Å². The van der Waals surface area contributed by atoms with E-state index in [0.717, 1.165) is 11.3 Å². The van der Waals surface area contributed by atoms with Gasteiger partial charge in [0.05, 0.1) is 0 Å². The topological polar surface area (TPSA) is 77.8 Å². The highest BCUT2D eigenvalue weighted by molar-refractivity contribution is 5.81. The molecule has 0 bridgehead atoms. The first-order chi connectivity index (χ1) is 6.61. The fourth-order valence-corrected chi connectivity index (χ4v) is 2.35. The quantitative estimate of drug-likeness (QED) is 0.604. The molecule has 1 heterocycles. The predicted octanol–water partition coefficient (Wildman–Crippen LogP) is 0.625. The van der Waals surface area contributed by atoms with Crippen LogP contribution in [-0.4, -0.2) is 39.8 Å². The van der Waals surface area contributed by atoms with Gasteiger partial charge in [0, 0.05) is 12.5 Å². The number of hydrogen-bond acceptors (Lipinski definition) is 2. The van der Waals surface area contributed by atoms with Crippen molar-refractivity contribution in [2.75, 3.05) is 6.54 Å². The van der Waals surface area contributed by atoms with E-state index in [9.17, 15) is 9.59 Å². The highest BCUT2D eigenvalue weighted by Gasteiger charge is 2.47. The van der Waals surface area contributed by atoms with Gasteiger partial charge in [-0.1, -0.05) is 12.2 Å². The van der Waals surface area contributed by atoms with Crippen LogP contribution in [0.25, 0.3) is 0 Å². The lowest BCUT2D eigenvalue weighted by Gasteiger charge is -2.19. The molecule has 1 fully saturated rings. The molecule has 5 heteroatoms. The van der Waals surface area contributed by atoms with Gasteiger partial charge in [-0.2, -0.15) is 0 Å². The molecule has 0 aromatic carbocycles. The minimum atomic E-state index is -1.14. The van der Waals surface area contributed by atoms with Gasteiger partial charge in [-0.15, -0.1) is 0 Å². The number of carbonyl (C=O) groups is 2. The fraction of sp³-hybridized carbons (Fsp3) is 0.556. The third-order valence-electron chi connectivity index (χ3n) is 2.97. The van der Waals surface area contributed by atoms with E-state index in [2.05, 4.69) is 0 Å². The maximum absolute atomic E-state index is 10.9. The van der Waals surface area contributed by atoms with Crippen LogP contribution in [0, 0.1) is 11.8 Å². The Morgan fingerprint density at radius 2 is 2.07 bits per heavy atom. The summed E-state index contributed by atoms with van der Waals surface area (Å²) in [5.41, 5.74) is 0. The zero-order chi connectivity index (χ0) is 10.3. The molecular weight excluding hydrogens is 186 g/mol. The molecule has 1 aliphatic carbocycles. The van der Waals surface area contributed by atoms with Gasteiger partial charge in [0.2, 0.25) is 0 Å². The molecule has 2 aliphatic rings. The molecule has 1 saturated heterocycles. The second kappa shape index (κ2) is 3.01. The molecule has 14 heavy (non-hydrogen) atoms. The first kappa shape index (κ1) is 9.05. The number of nitrogens with zero attached hydrogens (tertiary/aromatic N) is 1. The minimum absolute atomic E-state index is 0.136. The van der Waals surface area contributed by atoms with E-state index < -0.39 is 18.1 Å². The highest BCUT2D eigenvalue weighted by Crippen LogP contribution is 2.37. The van der Waals surface area contributed by atoms with Crippen LogP contribution < -0.4 is 0 Å². The van der Waals surface area contributed by atoms with Gasteiger partial charge in [-0.25, -0.2) is 9.59 Å². The molecule has 0 aromatic rings. The standard InChI is InChI=1S/C9H11NO4/c11-8(12)7-6-3-1-2-5(6)4-10(7)9(13)14/h1,3,5-7H,2,4H2,(H,11,12)(H,13,14)/t5-,6-,7-/m1/s1. The van der Waals surface area contributed by atoms with Gasteiger partial charge in [0.1, 0.15) is 6.04 Å². The molecule has 0 unspecified atom stereocenters. The molecule has 1 aliphatic heterocycles. The van der Waals surface area contributed by atoms with E-state index >= 15 is 0 Å². The number of aliphatic carboxylic acids is 1. The summed E-state index contributed by atoms with van der Waals surface area (Å²) < 4.78 is 0. The number of hydrogen-bond donors (Lipinski definition) is 2. The van der Waals surface area contributed by atoms with Crippen LogP contribution in [0.5, 0.6) is 0 Å². The summed E-state index contributed by atoms with van der Waals surface area (Å²) in [5.74, 6) is -1.03. The van der Waals surface area contributed by atoms with Crippen LogP contribution in [0.2, 0.25) is 0 Å². The van der Waals surface area contributed by atoms with E-state index in [0.29, 0.717) is 6.54 Å². The van der Waals surface area contributed by atoms with E-state index in [1.165, 1.54) is 0 Å². The first-order valence-corrected chi connectivity index (χ1v) is 4.50. The molecule has 2 N–H and O–H groups in total. The second-order valence-electron chi connectivity index (χ2n) is 3.72. The lowest BCUT2D eigenvalue weighted by atomic mass is 9.94. The molecule has 0 spiro atoms. The Morgan fingerprint density at radius 3 is 2.64 bits per heavy atom. The number of rotatable bonds is 1. The highest BCUT2D eigenvalue weighted by atomic mass is 16.4. The van der Waals surface area contributed by atoms with E-state index in [-0.39, 0.29) is 11.8 Å². The normalized spacial score (nSPS) is 34.6. The van der Waals surface area contributed by atoms with Crippen molar-refractivity contribution in [3.63, 3.8) is 0 Å². The van der Waals surface area contributed by atoms with Crippen molar-refractivity contribution in [3.05, 3.63) is 12.2 Å². The summed E-state index contributed by atoms with van der Waals surface area (Å²) in [6.07, 6.45) is 3.41. The van der Waals surface area contributed by atoms with Gasteiger partial charge in [0.25, 0.3) is 0 Å². The van der Waals surface area contributed by atoms with Gasteiger partial charge < -0.3 is 10.2 Å². The van der Waals surface area contributed by atoms with Gasteiger partial charge in [-0.05, 0) is 12.3 Å². The summed E-state index contributed by atoms with van der Waals surface area (Å²) in [6, 6.07) is -0.892. The van der Waals surface area contributed by atoms with Crippen molar-refractivity contribution in [2.24, 2.45) is 11.8 Å². The second-order valence-corrected chi connectivity index (χ2v) is 3.72. The Kier molecular flexibility index (Phi) is 1.94. The smallest absolute Gasteiger partial charge is 0.408 e. The number of amides is 1. The molecule has 76 valence electrons. The van der Waals surface area contributed by atoms with Crippen LogP contribution in [0.15, 0.2) is 12.2 Å². The van der Waals surface area contributed by atoms with Gasteiger partial charge >= 0.3 is 12.1 Å². The van der Waals surface area contributed by atoms with Crippen LogP contribution in [-0.2, 0) is 4.79 Å². The molecule has 0 aromatic heterocycles. The molecule has 0 radical (unpaired) electrons. The van der Waals surface area contributed by atoms with Crippen LogP contribution >= 0.6 is 0 Å². The van der Waals surface area contributed by atoms with Gasteiger partial charge in [0.15, 0.2) is 0 Å². The molecule has 2 rings (SSSR count). The summed E-state index contributed by atoms with van der Waals surface area (Å²) in [4.78, 5) is 22.7. The van der Waals surface area contributed by atoms with Crippen molar-refractivity contribution in [3.8, 4) is 0 Å². The molecule has 0 saturated carbocycles. The number of allylic oxidation sites excluding steroid dienone is 1. The molecule has 5 nitrogen and oxygen atoms in total. The van der Waals surface area contributed by atoms with E-state index in [1.807, 2.05) is 12.2 Å². The van der Waals surface area contributed by atoms with Gasteiger partial charge in [-0.3, -0.25) is 4.90 Å². The van der Waals surface area contributed by atoms with Crippen molar-refractivity contribution in [2.45, 2.75) is 12.5 Å². The lowest BCUT2D eigenvalue weighted by Crippen LogP contribution is -2.42. The number of carboxylic acid groups (broad SMARTS) is 2. The Morgan fingerprint density at radius 1 is 1.36 bits per heavy atom. The summed E-state index contributed by atoms with van der Waals surface area (Å²) in [6.45, 7) is 0.337. The van der Waals surface area contributed by atoms with E-state index in [4.69, 9.17) is 10.2 Å². The Balaban J connectivity index is 2.26. The maximum Gasteiger partial charge on any atom is 0.408 e. The largest absolute Gasteiger partial charge is 0.480 e. The van der Waals surface area contributed by atoms with Crippen LogP contribution in [0.3, 0.4) is 0 Å². The average molecular weight is 197 g/mol. The summed E-state index contributed by atoms with van der Waals surface area (Å²) in [7, 11) is 0. The third kappa shape index (κ3) is 1.16. The molecule has 3 atom stereocenters. The summed E-state index contributed by atoms with van der Waals surface area (Å²) in [5, 5.41) is 17.8. The van der Waals surface area contributed by atoms with Crippen LogP contribution in [0.4, 0.5) is 4.79 Å². The molecule has 1 amide bonds. The average Bonchev–Trinajstić information content (AvgIpc) is 2.58. The zero-order valence-corrected chi connectivity index (χ0v) is 7.46. The summed E-state index contributed by atoms with van der Waals surface area (Å²) >= 11 is 0.